The number of fused-ring (bicyclic) bond motifs is 1. The minimum absolute atomic E-state index is 0. The molecule has 1 aromatic rings. The number of hydrogen-bond acceptors (Lipinski definition) is 5. The van der Waals surface area contributed by atoms with E-state index in [9.17, 15) is 15.0 Å². The topological polar surface area (TPSA) is 90.8 Å². The van der Waals surface area contributed by atoms with Gasteiger partial charge in [0.1, 0.15) is 11.5 Å². The van der Waals surface area contributed by atoms with E-state index < -0.39 is 6.10 Å². The van der Waals surface area contributed by atoms with Crippen LogP contribution in [0.15, 0.2) is 12.1 Å². The number of carbonyl (C=O) groups excluding carboxylic acids is 1. The highest BCUT2D eigenvalue weighted by atomic mass is 35.5. The maximum Gasteiger partial charge on any atom is 0.262 e. The quantitative estimate of drug-likeness (QED) is 0.657. The lowest BCUT2D eigenvalue weighted by Gasteiger charge is -2.23. The maximum absolute atomic E-state index is 11.2. The number of phenolic OH excluding ortho intramolecular Hbond substituents is 1. The Hall–Kier alpha value is -1.50. The summed E-state index contributed by atoms with van der Waals surface area (Å²) in [6.07, 6.45) is -0.805. The van der Waals surface area contributed by atoms with Crippen LogP contribution >= 0.6 is 12.4 Å². The van der Waals surface area contributed by atoms with E-state index in [0.29, 0.717) is 23.5 Å². The number of benzene rings is 1. The molecule has 0 aliphatic carbocycles. The third-order valence-corrected chi connectivity index (χ3v) is 2.67. The predicted molar refractivity (Wildman–Crippen MR) is 73.0 cm³/mol. The zero-order chi connectivity index (χ0) is 13.1. The normalized spacial score (nSPS) is 14.7. The summed E-state index contributed by atoms with van der Waals surface area (Å²) in [5, 5.41) is 25.2. The summed E-state index contributed by atoms with van der Waals surface area (Å²) < 4.78 is 5.31. The number of rotatable bonds is 4. The number of likely N-dealkylation sites (N-methyl/N-ethyl adjacent to an activating group) is 1. The molecular formula is C12H17ClN2O4. The lowest BCUT2D eigenvalue weighted by Crippen LogP contribution is -2.27. The highest BCUT2D eigenvalue weighted by Gasteiger charge is 2.23. The summed E-state index contributed by atoms with van der Waals surface area (Å²) in [7, 11) is 0. The molecule has 0 bridgehead atoms. The minimum atomic E-state index is -0.805. The van der Waals surface area contributed by atoms with Crippen LogP contribution in [0.2, 0.25) is 0 Å². The van der Waals surface area contributed by atoms with Crippen LogP contribution in [0.5, 0.6) is 11.5 Å². The van der Waals surface area contributed by atoms with Crippen molar-refractivity contribution in [2.75, 3.05) is 25.0 Å². The molecule has 0 fully saturated rings. The molecular weight excluding hydrogens is 272 g/mol. The number of hydrogen-bond donors (Lipinski definition) is 4. The Kier molecular flexibility index (Phi) is 5.41. The number of ether oxygens (including phenoxy) is 1. The van der Waals surface area contributed by atoms with Crippen molar-refractivity contribution >= 4 is 24.0 Å². The van der Waals surface area contributed by atoms with Gasteiger partial charge in [-0.1, -0.05) is 6.92 Å². The third kappa shape index (κ3) is 3.50. The maximum atomic E-state index is 11.2. The molecule has 1 aromatic carbocycles. The fourth-order valence-corrected chi connectivity index (χ4v) is 1.85. The van der Waals surface area contributed by atoms with Crippen LogP contribution in [0.1, 0.15) is 18.6 Å². The number of aromatic hydroxyl groups is 1. The SMILES string of the molecule is CCNCC(O)c1cc(O)cc2c1OCC(=O)N2.Cl. The molecule has 7 heteroatoms. The first-order chi connectivity index (χ1) is 8.61. The molecule has 6 nitrogen and oxygen atoms in total. The molecule has 2 rings (SSSR count). The minimum Gasteiger partial charge on any atom is -0.508 e. The fourth-order valence-electron chi connectivity index (χ4n) is 1.85. The van der Waals surface area contributed by atoms with Crippen molar-refractivity contribution < 1.29 is 19.7 Å². The zero-order valence-corrected chi connectivity index (χ0v) is 11.3. The van der Waals surface area contributed by atoms with Gasteiger partial charge in [-0.25, -0.2) is 0 Å². The summed E-state index contributed by atoms with van der Waals surface area (Å²) in [5.41, 5.74) is 0.850. The van der Waals surface area contributed by atoms with Gasteiger partial charge < -0.3 is 25.6 Å². The molecule has 0 saturated heterocycles. The van der Waals surface area contributed by atoms with Crippen LogP contribution in [0.25, 0.3) is 0 Å². The van der Waals surface area contributed by atoms with Crippen LogP contribution in [-0.2, 0) is 4.79 Å². The standard InChI is InChI=1S/C12H16N2O4.ClH/c1-2-13-5-10(16)8-3-7(15)4-9-12(8)18-6-11(17)14-9;/h3-4,10,13,15-16H,2,5-6H2,1H3,(H,14,17);1H. The van der Waals surface area contributed by atoms with Gasteiger partial charge in [-0.3, -0.25) is 4.79 Å². The van der Waals surface area contributed by atoms with Crippen molar-refractivity contribution in [1.29, 1.82) is 0 Å². The number of anilines is 1. The van der Waals surface area contributed by atoms with Crippen molar-refractivity contribution in [3.8, 4) is 11.5 Å². The second-order valence-electron chi connectivity index (χ2n) is 4.07. The molecule has 1 unspecified atom stereocenters. The number of carbonyl (C=O) groups is 1. The second-order valence-corrected chi connectivity index (χ2v) is 4.07. The van der Waals surface area contributed by atoms with Gasteiger partial charge in [-0.2, -0.15) is 0 Å². The van der Waals surface area contributed by atoms with E-state index >= 15 is 0 Å². The van der Waals surface area contributed by atoms with Gasteiger partial charge in [0.25, 0.3) is 5.91 Å². The van der Waals surface area contributed by atoms with Crippen molar-refractivity contribution in [3.63, 3.8) is 0 Å². The highest BCUT2D eigenvalue weighted by Crippen LogP contribution is 2.38. The van der Waals surface area contributed by atoms with Crippen LogP contribution in [0, 0.1) is 0 Å². The average molecular weight is 289 g/mol. The molecule has 1 aliphatic heterocycles. The van der Waals surface area contributed by atoms with E-state index in [-0.39, 0.29) is 30.7 Å². The van der Waals surface area contributed by atoms with Crippen LogP contribution in [0.4, 0.5) is 5.69 Å². The van der Waals surface area contributed by atoms with Crippen LogP contribution in [0.3, 0.4) is 0 Å². The molecule has 19 heavy (non-hydrogen) atoms. The Morgan fingerprint density at radius 2 is 2.26 bits per heavy atom. The molecule has 106 valence electrons. The number of amides is 1. The van der Waals surface area contributed by atoms with Gasteiger partial charge >= 0.3 is 0 Å². The van der Waals surface area contributed by atoms with Gasteiger partial charge in [0.15, 0.2) is 6.61 Å². The zero-order valence-electron chi connectivity index (χ0n) is 10.5. The van der Waals surface area contributed by atoms with E-state index in [1.54, 1.807) is 0 Å². The van der Waals surface area contributed by atoms with E-state index in [4.69, 9.17) is 4.74 Å². The highest BCUT2D eigenvalue weighted by molar-refractivity contribution is 5.96. The molecule has 1 amide bonds. The van der Waals surface area contributed by atoms with Gasteiger partial charge in [0.05, 0.1) is 11.8 Å². The molecule has 0 saturated carbocycles. The summed E-state index contributed by atoms with van der Waals surface area (Å²) >= 11 is 0. The fraction of sp³-hybridized carbons (Fsp3) is 0.417. The molecule has 0 aromatic heterocycles. The van der Waals surface area contributed by atoms with E-state index in [0.717, 1.165) is 6.54 Å². The van der Waals surface area contributed by atoms with E-state index in [1.807, 2.05) is 6.92 Å². The Labute approximate surface area is 117 Å². The molecule has 1 atom stereocenters. The Morgan fingerprint density at radius 1 is 1.53 bits per heavy atom. The number of aliphatic hydroxyl groups excluding tert-OH is 1. The smallest absolute Gasteiger partial charge is 0.262 e. The summed E-state index contributed by atoms with van der Waals surface area (Å²) in [5.74, 6) is 0.114. The lowest BCUT2D eigenvalue weighted by atomic mass is 10.1. The van der Waals surface area contributed by atoms with Crippen molar-refractivity contribution in [2.45, 2.75) is 13.0 Å². The van der Waals surface area contributed by atoms with Crippen molar-refractivity contribution in [3.05, 3.63) is 17.7 Å². The van der Waals surface area contributed by atoms with Crippen LogP contribution < -0.4 is 15.4 Å². The monoisotopic (exact) mass is 288 g/mol. The molecule has 0 spiro atoms. The van der Waals surface area contributed by atoms with Gasteiger partial charge in [0.2, 0.25) is 0 Å². The third-order valence-electron chi connectivity index (χ3n) is 2.67. The summed E-state index contributed by atoms with van der Waals surface area (Å²) in [4.78, 5) is 11.2. The first-order valence-corrected chi connectivity index (χ1v) is 5.80. The summed E-state index contributed by atoms with van der Waals surface area (Å²) in [6.45, 7) is 2.93. The summed E-state index contributed by atoms with van der Waals surface area (Å²) in [6, 6.07) is 2.84. The van der Waals surface area contributed by atoms with Crippen molar-refractivity contribution in [2.24, 2.45) is 0 Å². The van der Waals surface area contributed by atoms with Crippen molar-refractivity contribution in [1.82, 2.24) is 5.32 Å². The second kappa shape index (κ2) is 6.60. The molecule has 0 radical (unpaired) electrons. The van der Waals surface area contributed by atoms with Crippen LogP contribution in [-0.4, -0.2) is 35.8 Å². The van der Waals surface area contributed by atoms with Gasteiger partial charge in [0, 0.05) is 18.2 Å². The molecule has 1 heterocycles. The lowest BCUT2D eigenvalue weighted by molar-refractivity contribution is -0.118. The number of phenols is 1. The predicted octanol–water partition coefficient (Wildman–Crippen LogP) is 0.788. The number of halogens is 1. The first-order valence-electron chi connectivity index (χ1n) is 5.80. The van der Waals surface area contributed by atoms with E-state index in [1.165, 1.54) is 12.1 Å². The largest absolute Gasteiger partial charge is 0.508 e. The first kappa shape index (κ1) is 15.6. The average Bonchev–Trinajstić information content (AvgIpc) is 2.34. The van der Waals surface area contributed by atoms with E-state index in [2.05, 4.69) is 10.6 Å². The number of aliphatic hydroxyl groups is 1. The molecule has 1 aliphatic rings. The van der Waals surface area contributed by atoms with Gasteiger partial charge in [-0.15, -0.1) is 12.4 Å². The Morgan fingerprint density at radius 3 is 2.95 bits per heavy atom. The molecule has 4 N–H and O–H groups in total. The Balaban J connectivity index is 0.00000180. The number of nitrogens with one attached hydrogen (secondary N) is 2. The Bertz CT molecular complexity index is 467. The van der Waals surface area contributed by atoms with Gasteiger partial charge in [-0.05, 0) is 12.6 Å².